The van der Waals surface area contributed by atoms with Crippen LogP contribution in [0.4, 0.5) is 0 Å². The molecular formula is C13H25N3S. The van der Waals surface area contributed by atoms with E-state index >= 15 is 0 Å². The minimum absolute atomic E-state index is 0.0435. The first kappa shape index (κ1) is 14.6. The summed E-state index contributed by atoms with van der Waals surface area (Å²) in [6.07, 6.45) is 3.47. The minimum atomic E-state index is 0.0435. The van der Waals surface area contributed by atoms with E-state index in [2.05, 4.69) is 36.5 Å². The number of nitrogens with two attached hydrogens (primary N) is 1. The molecule has 0 aromatic carbocycles. The second-order valence-corrected chi connectivity index (χ2v) is 5.55. The topological polar surface area (TPSA) is 50.9 Å². The van der Waals surface area contributed by atoms with Crippen molar-refractivity contribution >= 4 is 11.3 Å². The van der Waals surface area contributed by atoms with Crippen LogP contribution >= 0.6 is 11.3 Å². The summed E-state index contributed by atoms with van der Waals surface area (Å²) in [6, 6.07) is 0.0435. The number of nitrogens with one attached hydrogen (secondary N) is 1. The van der Waals surface area contributed by atoms with Crippen molar-refractivity contribution in [3.63, 3.8) is 0 Å². The zero-order valence-corrected chi connectivity index (χ0v) is 12.2. The lowest BCUT2D eigenvalue weighted by Gasteiger charge is -2.31. The van der Waals surface area contributed by atoms with Crippen LogP contribution in [0.3, 0.4) is 0 Å². The lowest BCUT2D eigenvalue weighted by atomic mass is 9.90. The summed E-state index contributed by atoms with van der Waals surface area (Å²) in [5.74, 6) is 0. The average Bonchev–Trinajstić information content (AvgIpc) is 2.81. The Morgan fingerprint density at radius 1 is 1.35 bits per heavy atom. The molecule has 0 aliphatic heterocycles. The van der Waals surface area contributed by atoms with Crippen molar-refractivity contribution in [2.24, 2.45) is 5.73 Å². The highest BCUT2D eigenvalue weighted by Gasteiger charge is 2.23. The molecule has 0 amide bonds. The van der Waals surface area contributed by atoms with Crippen molar-refractivity contribution in [3.05, 3.63) is 16.1 Å². The van der Waals surface area contributed by atoms with E-state index in [1.807, 2.05) is 6.92 Å². The molecule has 1 aromatic rings. The molecule has 17 heavy (non-hydrogen) atoms. The van der Waals surface area contributed by atoms with Crippen LogP contribution < -0.4 is 11.1 Å². The Labute approximate surface area is 109 Å². The maximum Gasteiger partial charge on any atom is 0.109 e. The minimum Gasteiger partial charge on any atom is -0.322 e. The summed E-state index contributed by atoms with van der Waals surface area (Å²) >= 11 is 1.65. The second kappa shape index (κ2) is 6.47. The fraction of sp³-hybridized carbons (Fsp3) is 0.769. The number of aromatic nitrogens is 1. The van der Waals surface area contributed by atoms with E-state index in [9.17, 15) is 0 Å². The molecule has 3 N–H and O–H groups in total. The smallest absolute Gasteiger partial charge is 0.109 e. The van der Waals surface area contributed by atoms with Gasteiger partial charge in [0.05, 0.1) is 11.7 Å². The summed E-state index contributed by atoms with van der Waals surface area (Å²) in [7, 11) is 0. The predicted octanol–water partition coefficient (Wildman–Crippen LogP) is 3.22. The number of rotatable bonds is 7. The average molecular weight is 255 g/mol. The van der Waals surface area contributed by atoms with Crippen LogP contribution in [-0.4, -0.2) is 10.5 Å². The molecule has 1 heterocycles. The molecule has 1 unspecified atom stereocenters. The first-order chi connectivity index (χ1) is 8.06. The molecule has 0 saturated carbocycles. The maximum atomic E-state index is 5.82. The summed E-state index contributed by atoms with van der Waals surface area (Å²) in [4.78, 5) is 4.55. The normalized spacial score (nSPS) is 13.9. The van der Waals surface area contributed by atoms with Crippen molar-refractivity contribution < 1.29 is 0 Å². The standard InChI is InChI=1S/C13H25N3S/c1-5-13(6-2,7-3)15-8-11-9-17-12(16-11)10(4)14/h9-10,15H,5-8,14H2,1-4H3. The highest BCUT2D eigenvalue weighted by atomic mass is 32.1. The molecule has 0 radical (unpaired) electrons. The molecule has 0 fully saturated rings. The first-order valence-corrected chi connectivity index (χ1v) is 7.39. The van der Waals surface area contributed by atoms with Crippen molar-refractivity contribution in [1.29, 1.82) is 0 Å². The molecule has 0 bridgehead atoms. The fourth-order valence-electron chi connectivity index (χ4n) is 2.02. The molecule has 3 nitrogen and oxygen atoms in total. The van der Waals surface area contributed by atoms with Crippen LogP contribution in [0.25, 0.3) is 0 Å². The summed E-state index contributed by atoms with van der Waals surface area (Å²) in [5, 5.41) is 6.79. The van der Waals surface area contributed by atoms with Crippen molar-refractivity contribution in [2.45, 2.75) is 65.1 Å². The van der Waals surface area contributed by atoms with Crippen LogP contribution in [0.15, 0.2) is 5.38 Å². The zero-order chi connectivity index (χ0) is 12.9. The molecule has 98 valence electrons. The Bertz CT molecular complexity index is 321. The van der Waals surface area contributed by atoms with E-state index in [1.54, 1.807) is 11.3 Å². The number of nitrogens with zero attached hydrogens (tertiary/aromatic N) is 1. The molecule has 0 aliphatic carbocycles. The third kappa shape index (κ3) is 3.76. The molecule has 1 aromatic heterocycles. The van der Waals surface area contributed by atoms with Crippen LogP contribution in [0.2, 0.25) is 0 Å². The van der Waals surface area contributed by atoms with E-state index < -0.39 is 0 Å². The Morgan fingerprint density at radius 2 is 1.94 bits per heavy atom. The van der Waals surface area contributed by atoms with E-state index in [0.717, 1.165) is 36.5 Å². The quantitative estimate of drug-likeness (QED) is 0.786. The van der Waals surface area contributed by atoms with Crippen molar-refractivity contribution in [3.8, 4) is 0 Å². The highest BCUT2D eigenvalue weighted by Crippen LogP contribution is 2.21. The van der Waals surface area contributed by atoms with E-state index in [-0.39, 0.29) is 11.6 Å². The first-order valence-electron chi connectivity index (χ1n) is 6.51. The van der Waals surface area contributed by atoms with Gasteiger partial charge in [-0.2, -0.15) is 0 Å². The van der Waals surface area contributed by atoms with Crippen LogP contribution in [0, 0.1) is 0 Å². The van der Waals surface area contributed by atoms with Gasteiger partial charge < -0.3 is 11.1 Å². The number of thiazole rings is 1. The molecule has 1 atom stereocenters. The maximum absolute atomic E-state index is 5.82. The second-order valence-electron chi connectivity index (χ2n) is 4.66. The van der Waals surface area contributed by atoms with Gasteiger partial charge >= 0.3 is 0 Å². The van der Waals surface area contributed by atoms with Crippen molar-refractivity contribution in [2.75, 3.05) is 0 Å². The molecule has 4 heteroatoms. The van der Waals surface area contributed by atoms with Gasteiger partial charge in [0.25, 0.3) is 0 Å². The van der Waals surface area contributed by atoms with Gasteiger partial charge in [0.2, 0.25) is 0 Å². The van der Waals surface area contributed by atoms with Gasteiger partial charge in [-0.05, 0) is 26.2 Å². The Morgan fingerprint density at radius 3 is 2.35 bits per heavy atom. The van der Waals surface area contributed by atoms with Gasteiger partial charge in [-0.3, -0.25) is 0 Å². The molecular weight excluding hydrogens is 230 g/mol. The van der Waals surface area contributed by atoms with Gasteiger partial charge in [-0.1, -0.05) is 20.8 Å². The summed E-state index contributed by atoms with van der Waals surface area (Å²) in [6.45, 7) is 9.56. The summed E-state index contributed by atoms with van der Waals surface area (Å²) in [5.41, 5.74) is 7.19. The van der Waals surface area contributed by atoms with Gasteiger partial charge in [0.15, 0.2) is 0 Å². The Hall–Kier alpha value is -0.450. The SMILES string of the molecule is CCC(CC)(CC)NCc1csc(C(C)N)n1. The van der Waals surface area contributed by atoms with Crippen LogP contribution in [0.1, 0.15) is 63.7 Å². The van der Waals surface area contributed by atoms with E-state index in [0.29, 0.717) is 0 Å². The lowest BCUT2D eigenvalue weighted by molar-refractivity contribution is 0.287. The lowest BCUT2D eigenvalue weighted by Crippen LogP contribution is -2.43. The van der Waals surface area contributed by atoms with Crippen LogP contribution in [-0.2, 0) is 6.54 Å². The number of hydrogen-bond acceptors (Lipinski definition) is 4. The molecule has 0 saturated heterocycles. The largest absolute Gasteiger partial charge is 0.322 e. The van der Waals surface area contributed by atoms with E-state index in [4.69, 9.17) is 5.73 Å². The van der Waals surface area contributed by atoms with Crippen molar-refractivity contribution in [1.82, 2.24) is 10.3 Å². The predicted molar refractivity (Wildman–Crippen MR) is 75.2 cm³/mol. The Kier molecular flexibility index (Phi) is 5.56. The molecule has 1 rings (SSSR count). The molecule has 0 aliphatic rings. The third-order valence-corrected chi connectivity index (χ3v) is 4.73. The van der Waals surface area contributed by atoms with Crippen LogP contribution in [0.5, 0.6) is 0 Å². The Balaban J connectivity index is 2.59. The van der Waals surface area contributed by atoms with Gasteiger partial charge in [0.1, 0.15) is 5.01 Å². The number of hydrogen-bond donors (Lipinski definition) is 2. The van der Waals surface area contributed by atoms with E-state index in [1.165, 1.54) is 0 Å². The van der Waals surface area contributed by atoms with Gasteiger partial charge in [-0.15, -0.1) is 11.3 Å². The monoisotopic (exact) mass is 255 g/mol. The summed E-state index contributed by atoms with van der Waals surface area (Å²) < 4.78 is 0. The zero-order valence-electron chi connectivity index (χ0n) is 11.4. The van der Waals surface area contributed by atoms with Gasteiger partial charge in [0, 0.05) is 17.5 Å². The third-order valence-electron chi connectivity index (χ3n) is 3.63. The van der Waals surface area contributed by atoms with Gasteiger partial charge in [-0.25, -0.2) is 4.98 Å². The fourth-order valence-corrected chi connectivity index (χ4v) is 2.79. The molecule has 0 spiro atoms. The highest BCUT2D eigenvalue weighted by molar-refractivity contribution is 7.09.